The van der Waals surface area contributed by atoms with Crippen LogP contribution in [0, 0.1) is 11.3 Å². The van der Waals surface area contributed by atoms with Crippen molar-refractivity contribution >= 4 is 78.2 Å². The number of carboxylic acids is 1. The molecule has 61 heavy (non-hydrogen) atoms. The van der Waals surface area contributed by atoms with Gasteiger partial charge in [0.1, 0.15) is 24.7 Å². The Balaban J connectivity index is 1.29. The van der Waals surface area contributed by atoms with E-state index in [1.807, 2.05) is 60.7 Å². The highest BCUT2D eigenvalue weighted by Crippen LogP contribution is 2.55. The molecule has 7 aromatic rings. The van der Waals surface area contributed by atoms with Gasteiger partial charge >= 0.3 is 5.97 Å². The molecule has 0 bridgehead atoms. The molecule has 9 rings (SSSR count). The summed E-state index contributed by atoms with van der Waals surface area (Å²) in [6.45, 7) is 10.1. The number of hydrogen-bond donors (Lipinski definition) is 1. The van der Waals surface area contributed by atoms with Crippen molar-refractivity contribution in [2.45, 2.75) is 44.9 Å². The lowest BCUT2D eigenvalue weighted by molar-refractivity contribution is -0.435. The van der Waals surface area contributed by atoms with Gasteiger partial charge in [-0.05, 0) is 81.1 Å². The Morgan fingerprint density at radius 2 is 1.25 bits per heavy atom. The first kappa shape index (κ1) is 39.2. The quantitative estimate of drug-likeness (QED) is 0.0350. The van der Waals surface area contributed by atoms with Crippen LogP contribution in [-0.2, 0) is 25.2 Å². The number of rotatable bonds is 11. The van der Waals surface area contributed by atoms with Gasteiger partial charge in [-0.15, -0.1) is 0 Å². The molecule has 0 aliphatic carbocycles. The third kappa shape index (κ3) is 6.38. The Bertz CT molecular complexity index is 3130. The molecule has 0 fully saturated rings. The van der Waals surface area contributed by atoms with Gasteiger partial charge in [-0.2, -0.15) is 9.84 Å². The summed E-state index contributed by atoms with van der Waals surface area (Å²) in [5, 5.41) is 30.3. The Hall–Kier alpha value is -7.30. The van der Waals surface area contributed by atoms with E-state index < -0.39 is 16.8 Å². The maximum absolute atomic E-state index is 12.3. The second kappa shape index (κ2) is 15.4. The normalized spacial score (nSPS) is 16.4. The van der Waals surface area contributed by atoms with Crippen LogP contribution in [0.3, 0.4) is 0 Å². The number of carbonyl (C=O) groups is 2. The van der Waals surface area contributed by atoms with Crippen molar-refractivity contribution in [2.24, 2.45) is 0 Å². The second-order valence-electron chi connectivity index (χ2n) is 16.9. The Morgan fingerprint density at radius 3 is 1.84 bits per heavy atom. The van der Waals surface area contributed by atoms with Crippen LogP contribution in [0.2, 0.25) is 0 Å². The van der Waals surface area contributed by atoms with Gasteiger partial charge in [0.05, 0.1) is 23.0 Å². The van der Waals surface area contributed by atoms with E-state index in [1.54, 1.807) is 0 Å². The van der Waals surface area contributed by atoms with Crippen LogP contribution in [0.5, 0.6) is 0 Å². The van der Waals surface area contributed by atoms with Crippen molar-refractivity contribution < 1.29 is 24.0 Å². The van der Waals surface area contributed by atoms with Crippen molar-refractivity contribution in [3.63, 3.8) is 0 Å². The molecule has 0 saturated heterocycles. The molecule has 1 N–H and O–H groups in total. The number of carbonyl (C=O) groups excluding carboxylic acids is 1. The number of nitriles is 1. The van der Waals surface area contributed by atoms with Gasteiger partial charge < -0.3 is 14.7 Å². The molecule has 2 aliphatic rings. The zero-order chi connectivity index (χ0) is 42.5. The standard InChI is InChI=1S/C54H45N3O4/c1-53(2)46(56(30-31-61-34-58)50-44-24-14-10-20-40(44)38-18-8-12-22-42(38)48(50)53)27-26-36(35-16-6-5-7-17-35)32-37(33-55)52-54(3,4)49-43-23-13-9-19-39(43)41-21-11-15-25-45(41)51(49)57(52)29-28-47(59)60/h5-27,32,34H,28-31H2,1-4H3/p+1. The second-order valence-corrected chi connectivity index (χ2v) is 16.9. The molecular weight excluding hydrogens is 755 g/mol. The van der Waals surface area contributed by atoms with Crippen LogP contribution in [0.25, 0.3) is 48.7 Å². The summed E-state index contributed by atoms with van der Waals surface area (Å²) in [5.74, 6) is -0.904. The number of carboxylic acid groups (broad SMARTS) is 1. The summed E-state index contributed by atoms with van der Waals surface area (Å²) in [4.78, 5) is 26.0. The van der Waals surface area contributed by atoms with Crippen molar-refractivity contribution in [2.75, 3.05) is 24.6 Å². The van der Waals surface area contributed by atoms with Crippen LogP contribution in [0.1, 0.15) is 50.8 Å². The Labute approximate surface area is 355 Å². The van der Waals surface area contributed by atoms with Gasteiger partial charge in [0.2, 0.25) is 11.4 Å². The number of ether oxygens (including phenoxy) is 1. The van der Waals surface area contributed by atoms with E-state index in [2.05, 4.69) is 128 Å². The number of anilines is 1. The molecular formula is C54H46N3O4+. The lowest BCUT2D eigenvalue weighted by Crippen LogP contribution is -2.31. The smallest absolute Gasteiger partial charge is 0.309 e. The molecule has 0 saturated carbocycles. The number of allylic oxidation sites excluding steroid dienone is 6. The molecule has 0 radical (unpaired) electrons. The maximum atomic E-state index is 12.3. The van der Waals surface area contributed by atoms with Crippen LogP contribution < -0.4 is 4.90 Å². The molecule has 0 unspecified atom stereocenters. The monoisotopic (exact) mass is 800 g/mol. The molecule has 2 heterocycles. The van der Waals surface area contributed by atoms with Crippen LogP contribution in [0.15, 0.2) is 157 Å². The maximum Gasteiger partial charge on any atom is 0.309 e. The average Bonchev–Trinajstić information content (AvgIpc) is 3.65. The van der Waals surface area contributed by atoms with Crippen molar-refractivity contribution in [3.8, 4) is 6.07 Å². The van der Waals surface area contributed by atoms with Gasteiger partial charge in [-0.3, -0.25) is 9.59 Å². The highest BCUT2D eigenvalue weighted by molar-refractivity contribution is 6.21. The zero-order valence-electron chi connectivity index (χ0n) is 34.8. The lowest BCUT2D eigenvalue weighted by Gasteiger charge is -2.27. The number of nitrogens with zero attached hydrogens (tertiary/aromatic N) is 3. The predicted molar refractivity (Wildman–Crippen MR) is 247 cm³/mol. The molecule has 2 aliphatic heterocycles. The molecule has 0 atom stereocenters. The van der Waals surface area contributed by atoms with Gasteiger partial charge in [0.15, 0.2) is 6.54 Å². The summed E-state index contributed by atoms with van der Waals surface area (Å²) in [5.41, 5.74) is 7.17. The van der Waals surface area contributed by atoms with Gasteiger partial charge in [-0.1, -0.05) is 141 Å². The van der Waals surface area contributed by atoms with Gasteiger partial charge in [0, 0.05) is 22.1 Å². The van der Waals surface area contributed by atoms with Crippen LogP contribution in [-0.4, -0.2) is 47.5 Å². The zero-order valence-corrected chi connectivity index (χ0v) is 34.8. The number of hydrogen-bond acceptors (Lipinski definition) is 5. The van der Waals surface area contributed by atoms with E-state index in [-0.39, 0.29) is 19.6 Å². The van der Waals surface area contributed by atoms with Crippen molar-refractivity contribution in [3.05, 3.63) is 174 Å². The summed E-state index contributed by atoms with van der Waals surface area (Å²) in [6, 6.07) is 46.3. The first-order chi connectivity index (χ1) is 29.6. The SMILES string of the molecule is CC1(C)C(/C(C#N)=C/C(=C/C=C2\N(CCOC=O)c3c(c4ccccc4c4ccccc34)C2(C)C)c2ccccc2)=[N+](CCC(=O)O)c2c1c1ccccc1c1ccccc21. The summed E-state index contributed by atoms with van der Waals surface area (Å²) in [6.07, 6.45) is 6.11. The molecule has 7 aromatic carbocycles. The third-order valence-electron chi connectivity index (χ3n) is 12.6. The van der Waals surface area contributed by atoms with Crippen LogP contribution >= 0.6 is 0 Å². The van der Waals surface area contributed by atoms with E-state index >= 15 is 0 Å². The van der Waals surface area contributed by atoms with E-state index in [1.165, 1.54) is 16.3 Å². The molecule has 7 nitrogen and oxygen atoms in total. The van der Waals surface area contributed by atoms with Crippen molar-refractivity contribution in [1.82, 2.24) is 0 Å². The average molecular weight is 801 g/mol. The molecule has 0 spiro atoms. The highest BCUT2D eigenvalue weighted by Gasteiger charge is 2.50. The fourth-order valence-electron chi connectivity index (χ4n) is 10.2. The fraction of sp³-hybridized carbons (Fsp3) is 0.185. The minimum absolute atomic E-state index is 0.102. The molecule has 7 heteroatoms. The van der Waals surface area contributed by atoms with Gasteiger partial charge in [-0.25, -0.2) is 0 Å². The van der Waals surface area contributed by atoms with E-state index in [9.17, 15) is 20.0 Å². The van der Waals surface area contributed by atoms with E-state index in [0.29, 0.717) is 18.6 Å². The first-order valence-corrected chi connectivity index (χ1v) is 20.7. The Morgan fingerprint density at radius 1 is 0.721 bits per heavy atom. The number of aliphatic carboxylic acids is 1. The third-order valence-corrected chi connectivity index (χ3v) is 12.6. The molecule has 0 amide bonds. The highest BCUT2D eigenvalue weighted by atomic mass is 16.5. The number of fused-ring (bicyclic) bond motifs is 12. The first-order valence-electron chi connectivity index (χ1n) is 20.7. The fourth-order valence-corrected chi connectivity index (χ4v) is 10.2. The lowest BCUT2D eigenvalue weighted by atomic mass is 9.75. The van der Waals surface area contributed by atoms with Crippen LogP contribution in [0.4, 0.5) is 11.4 Å². The van der Waals surface area contributed by atoms with E-state index in [4.69, 9.17) is 4.74 Å². The number of benzene rings is 7. The molecule has 0 aromatic heterocycles. The summed E-state index contributed by atoms with van der Waals surface area (Å²) >= 11 is 0. The minimum atomic E-state index is -0.904. The van der Waals surface area contributed by atoms with Crippen molar-refractivity contribution in [1.29, 1.82) is 5.26 Å². The summed E-state index contributed by atoms with van der Waals surface area (Å²) in [7, 11) is 0. The molecule has 300 valence electrons. The van der Waals surface area contributed by atoms with E-state index in [0.717, 1.165) is 71.8 Å². The largest absolute Gasteiger partial charge is 0.481 e. The Kier molecular flexibility index (Phi) is 9.88. The topological polar surface area (TPSA) is 93.6 Å². The summed E-state index contributed by atoms with van der Waals surface area (Å²) < 4.78 is 7.43. The van der Waals surface area contributed by atoms with Gasteiger partial charge in [0.25, 0.3) is 6.47 Å². The minimum Gasteiger partial charge on any atom is -0.481 e. The predicted octanol–water partition coefficient (Wildman–Crippen LogP) is 11.5.